The van der Waals surface area contributed by atoms with Gasteiger partial charge in [0.1, 0.15) is 11.5 Å². The maximum absolute atomic E-state index is 12.6. The summed E-state index contributed by atoms with van der Waals surface area (Å²) in [7, 11) is 1.51. The van der Waals surface area contributed by atoms with Crippen LogP contribution in [-0.2, 0) is 6.54 Å². The summed E-state index contributed by atoms with van der Waals surface area (Å²) in [5.41, 5.74) is 0.334. The lowest BCUT2D eigenvalue weighted by molar-refractivity contribution is 0.0995. The Kier molecular flexibility index (Phi) is 4.87. The van der Waals surface area contributed by atoms with Crippen molar-refractivity contribution in [2.24, 2.45) is 4.99 Å². The quantitative estimate of drug-likeness (QED) is 0.707. The minimum absolute atomic E-state index is 0.334. The van der Waals surface area contributed by atoms with Crippen LogP contribution in [0.15, 0.2) is 52.2 Å². The van der Waals surface area contributed by atoms with E-state index < -0.39 is 5.91 Å². The van der Waals surface area contributed by atoms with E-state index >= 15 is 0 Å². The van der Waals surface area contributed by atoms with Gasteiger partial charge in [-0.25, -0.2) is 0 Å². The first-order valence-corrected chi connectivity index (χ1v) is 8.38. The number of nitrogens with zero attached hydrogens (tertiary/aromatic N) is 2. The number of carbonyl (C=O) groups is 1. The molecule has 0 aliphatic heterocycles. The van der Waals surface area contributed by atoms with Gasteiger partial charge >= 0.3 is 0 Å². The van der Waals surface area contributed by atoms with Crippen LogP contribution in [0.4, 0.5) is 0 Å². The van der Waals surface area contributed by atoms with E-state index in [2.05, 4.69) is 4.99 Å². The largest absolute Gasteiger partial charge is 0.496 e. The predicted molar refractivity (Wildman–Crippen MR) is 92.8 cm³/mol. The van der Waals surface area contributed by atoms with Gasteiger partial charge in [0.05, 0.1) is 25.5 Å². The van der Waals surface area contributed by atoms with Crippen LogP contribution in [0, 0.1) is 6.92 Å². The first kappa shape index (κ1) is 16.5. The molecular formula is C17H15ClN2O3S. The van der Waals surface area contributed by atoms with E-state index in [1.54, 1.807) is 24.5 Å². The Labute approximate surface area is 147 Å². The van der Waals surface area contributed by atoms with Crippen molar-refractivity contribution in [3.8, 4) is 5.75 Å². The number of carbonyl (C=O) groups excluding carboxylic acids is 1. The molecule has 0 unspecified atom stereocenters. The van der Waals surface area contributed by atoms with Gasteiger partial charge in [-0.05, 0) is 37.3 Å². The van der Waals surface area contributed by atoms with Gasteiger partial charge in [0.2, 0.25) is 0 Å². The fourth-order valence-electron chi connectivity index (χ4n) is 2.27. The molecule has 0 aliphatic rings. The molecule has 1 aromatic carbocycles. The summed E-state index contributed by atoms with van der Waals surface area (Å²) in [6.45, 7) is 2.48. The number of methoxy groups -OCH3 is 1. The maximum atomic E-state index is 12.6. The fraction of sp³-hybridized carbons (Fsp3) is 0.176. The molecule has 0 saturated heterocycles. The number of hydrogen-bond acceptors (Lipinski definition) is 4. The zero-order valence-electron chi connectivity index (χ0n) is 13.2. The number of aromatic nitrogens is 1. The summed E-state index contributed by atoms with van der Waals surface area (Å²) in [6, 6.07) is 8.59. The van der Waals surface area contributed by atoms with Crippen molar-refractivity contribution in [1.82, 2.24) is 4.57 Å². The Balaban J connectivity index is 1.99. The highest BCUT2D eigenvalue weighted by molar-refractivity contribution is 7.09. The molecule has 0 aliphatic carbocycles. The predicted octanol–water partition coefficient (Wildman–Crippen LogP) is 3.90. The lowest BCUT2D eigenvalue weighted by atomic mass is 10.2. The molecule has 7 heteroatoms. The Hall–Kier alpha value is -2.31. The highest BCUT2D eigenvalue weighted by Gasteiger charge is 2.13. The number of halogens is 1. The number of thiazole rings is 1. The van der Waals surface area contributed by atoms with Gasteiger partial charge < -0.3 is 13.7 Å². The smallest absolute Gasteiger partial charge is 0.283 e. The molecule has 0 radical (unpaired) electrons. The standard InChI is InChI=1S/C17H15ClN2O3S/c1-11-9-20(10-13-4-3-7-23-13)17(24-11)19-16(21)14-8-12(18)5-6-15(14)22-2/h3-9H,10H2,1-2H3. The Bertz CT molecular complexity index is 926. The van der Waals surface area contributed by atoms with E-state index in [-0.39, 0.29) is 0 Å². The van der Waals surface area contributed by atoms with E-state index in [4.69, 9.17) is 20.8 Å². The monoisotopic (exact) mass is 362 g/mol. The Morgan fingerprint density at radius 1 is 1.42 bits per heavy atom. The van der Waals surface area contributed by atoms with Crippen LogP contribution in [0.2, 0.25) is 5.02 Å². The minimum Gasteiger partial charge on any atom is -0.496 e. The van der Waals surface area contributed by atoms with Crippen LogP contribution in [0.25, 0.3) is 0 Å². The molecule has 3 rings (SSSR count). The topological polar surface area (TPSA) is 56.7 Å². The van der Waals surface area contributed by atoms with Gasteiger partial charge in [0.25, 0.3) is 5.91 Å². The molecule has 0 saturated carbocycles. The van der Waals surface area contributed by atoms with Crippen LogP contribution in [-0.4, -0.2) is 17.6 Å². The summed E-state index contributed by atoms with van der Waals surface area (Å²) >= 11 is 7.42. The molecule has 1 amide bonds. The second kappa shape index (κ2) is 7.07. The number of rotatable bonds is 4. The molecule has 0 bridgehead atoms. The molecule has 0 fully saturated rings. The van der Waals surface area contributed by atoms with Crippen molar-refractivity contribution in [3.05, 3.63) is 68.8 Å². The van der Waals surface area contributed by atoms with Crippen LogP contribution >= 0.6 is 22.9 Å². The lowest BCUT2D eigenvalue weighted by Gasteiger charge is -2.05. The van der Waals surface area contributed by atoms with E-state index in [1.807, 2.05) is 29.8 Å². The van der Waals surface area contributed by atoms with E-state index in [0.29, 0.717) is 27.7 Å². The van der Waals surface area contributed by atoms with E-state index in [0.717, 1.165) is 10.6 Å². The second-order valence-corrected chi connectivity index (χ2v) is 6.74. The number of benzene rings is 1. The third kappa shape index (κ3) is 3.60. The molecule has 2 aromatic heterocycles. The van der Waals surface area contributed by atoms with Gasteiger partial charge in [-0.15, -0.1) is 11.3 Å². The molecule has 0 atom stereocenters. The molecular weight excluding hydrogens is 348 g/mol. The van der Waals surface area contributed by atoms with Crippen LogP contribution in [0.5, 0.6) is 5.75 Å². The fourth-order valence-corrected chi connectivity index (χ4v) is 3.27. The summed E-state index contributed by atoms with van der Waals surface area (Å²) in [5.74, 6) is 0.838. The number of amides is 1. The van der Waals surface area contributed by atoms with Crippen molar-refractivity contribution in [1.29, 1.82) is 0 Å². The normalized spacial score (nSPS) is 11.7. The first-order valence-electron chi connectivity index (χ1n) is 7.18. The summed E-state index contributed by atoms with van der Waals surface area (Å²) in [4.78, 5) is 18.5. The zero-order chi connectivity index (χ0) is 17.1. The number of hydrogen-bond donors (Lipinski definition) is 0. The van der Waals surface area contributed by atoms with Gasteiger partial charge in [-0.2, -0.15) is 4.99 Å². The third-order valence-electron chi connectivity index (χ3n) is 3.33. The second-order valence-electron chi connectivity index (χ2n) is 5.09. The van der Waals surface area contributed by atoms with Crippen LogP contribution in [0.3, 0.4) is 0 Å². The Morgan fingerprint density at radius 2 is 2.25 bits per heavy atom. The summed E-state index contributed by atoms with van der Waals surface area (Å²) < 4.78 is 12.5. The van der Waals surface area contributed by atoms with E-state index in [1.165, 1.54) is 18.4 Å². The SMILES string of the molecule is COc1ccc(Cl)cc1C(=O)N=c1sc(C)cn1Cc1ccco1. The third-order valence-corrected chi connectivity index (χ3v) is 4.50. The molecule has 124 valence electrons. The van der Waals surface area contributed by atoms with Crippen molar-refractivity contribution < 1.29 is 13.9 Å². The van der Waals surface area contributed by atoms with Gasteiger partial charge in [-0.3, -0.25) is 4.79 Å². The van der Waals surface area contributed by atoms with Crippen molar-refractivity contribution in [2.45, 2.75) is 13.5 Å². The first-order chi connectivity index (χ1) is 11.6. The average molecular weight is 363 g/mol. The maximum Gasteiger partial charge on any atom is 0.283 e. The highest BCUT2D eigenvalue weighted by Crippen LogP contribution is 2.23. The van der Waals surface area contributed by atoms with Crippen LogP contribution in [0.1, 0.15) is 21.0 Å². The molecule has 2 heterocycles. The Morgan fingerprint density at radius 3 is 2.96 bits per heavy atom. The highest BCUT2D eigenvalue weighted by atomic mass is 35.5. The van der Waals surface area contributed by atoms with Gasteiger partial charge in [-0.1, -0.05) is 11.6 Å². The lowest BCUT2D eigenvalue weighted by Crippen LogP contribution is -2.17. The number of ether oxygens (including phenoxy) is 1. The number of aryl methyl sites for hydroxylation is 1. The average Bonchev–Trinajstić information content (AvgIpc) is 3.18. The van der Waals surface area contributed by atoms with Crippen molar-refractivity contribution >= 4 is 28.8 Å². The number of furan rings is 1. The van der Waals surface area contributed by atoms with E-state index in [9.17, 15) is 4.79 Å². The molecule has 5 nitrogen and oxygen atoms in total. The van der Waals surface area contributed by atoms with Crippen molar-refractivity contribution in [3.63, 3.8) is 0 Å². The van der Waals surface area contributed by atoms with Crippen molar-refractivity contribution in [2.75, 3.05) is 7.11 Å². The summed E-state index contributed by atoms with van der Waals surface area (Å²) in [5, 5.41) is 0.458. The zero-order valence-corrected chi connectivity index (χ0v) is 14.7. The molecule has 0 N–H and O–H groups in total. The summed E-state index contributed by atoms with van der Waals surface area (Å²) in [6.07, 6.45) is 3.56. The molecule has 3 aromatic rings. The van der Waals surface area contributed by atoms with Gasteiger partial charge in [0, 0.05) is 16.1 Å². The minimum atomic E-state index is -0.399. The van der Waals surface area contributed by atoms with Gasteiger partial charge in [0.15, 0.2) is 4.80 Å². The molecule has 24 heavy (non-hydrogen) atoms. The molecule has 0 spiro atoms. The van der Waals surface area contributed by atoms with Crippen LogP contribution < -0.4 is 9.54 Å².